The van der Waals surface area contributed by atoms with Crippen LogP contribution in [0.4, 0.5) is 0 Å². The fraction of sp³-hybridized carbons (Fsp3) is 0.714. The van der Waals surface area contributed by atoms with Gasteiger partial charge in [-0.15, -0.1) is 11.3 Å². The molecule has 1 aromatic heterocycles. The third-order valence-corrected chi connectivity index (χ3v) is 4.59. The monoisotopic (exact) mass is 302 g/mol. The summed E-state index contributed by atoms with van der Waals surface area (Å²) < 4.78 is 1.27. The Bertz CT molecular complexity index is 267. The Kier molecular flexibility index (Phi) is 8.22. The first-order valence-electron chi connectivity index (χ1n) is 6.57. The number of hydrogen-bond donors (Lipinski definition) is 0. The zero-order valence-corrected chi connectivity index (χ0v) is 12.7. The van der Waals surface area contributed by atoms with Crippen LogP contribution in [-0.2, 0) is 6.42 Å². The van der Waals surface area contributed by atoms with E-state index in [4.69, 9.17) is 0 Å². The van der Waals surface area contributed by atoms with E-state index < -0.39 is 0 Å². The molecule has 0 radical (unpaired) electrons. The van der Waals surface area contributed by atoms with Crippen molar-refractivity contribution in [1.82, 2.24) is 0 Å². The molecular weight excluding hydrogens is 280 g/mol. The summed E-state index contributed by atoms with van der Waals surface area (Å²) in [6.45, 7) is 2.28. The van der Waals surface area contributed by atoms with Gasteiger partial charge in [-0.3, -0.25) is 0 Å². The fourth-order valence-electron chi connectivity index (χ4n) is 1.92. The summed E-state index contributed by atoms with van der Waals surface area (Å²) >= 11 is 5.39. The van der Waals surface area contributed by atoms with Crippen LogP contribution in [0.25, 0.3) is 0 Å². The van der Waals surface area contributed by atoms with Gasteiger partial charge in [0, 0.05) is 4.88 Å². The summed E-state index contributed by atoms with van der Waals surface area (Å²) in [6, 6.07) is 4.40. The molecule has 0 nitrogen and oxygen atoms in total. The van der Waals surface area contributed by atoms with E-state index in [1.54, 1.807) is 0 Å². The van der Waals surface area contributed by atoms with Crippen LogP contribution in [0.2, 0.25) is 0 Å². The van der Waals surface area contributed by atoms with E-state index in [-0.39, 0.29) is 0 Å². The largest absolute Gasteiger partial charge is 0.133 e. The number of hydrogen-bond acceptors (Lipinski definition) is 1. The summed E-state index contributed by atoms with van der Waals surface area (Å²) in [6.07, 6.45) is 12.6. The van der Waals surface area contributed by atoms with Crippen molar-refractivity contribution in [2.45, 2.75) is 64.7 Å². The number of aryl methyl sites for hydroxylation is 1. The van der Waals surface area contributed by atoms with Gasteiger partial charge in [0.05, 0.1) is 3.79 Å². The molecule has 1 heterocycles. The Balaban J connectivity index is 1.88. The predicted molar refractivity (Wildman–Crippen MR) is 78.3 cm³/mol. The van der Waals surface area contributed by atoms with Crippen molar-refractivity contribution in [2.75, 3.05) is 0 Å². The van der Waals surface area contributed by atoms with Crippen molar-refractivity contribution in [3.8, 4) is 0 Å². The van der Waals surface area contributed by atoms with Crippen molar-refractivity contribution < 1.29 is 0 Å². The molecule has 0 saturated heterocycles. The average Bonchev–Trinajstić information content (AvgIpc) is 2.68. The van der Waals surface area contributed by atoms with E-state index in [2.05, 4.69) is 35.0 Å². The van der Waals surface area contributed by atoms with E-state index in [1.807, 2.05) is 11.3 Å². The first kappa shape index (κ1) is 14.2. The van der Waals surface area contributed by atoms with E-state index in [0.717, 1.165) is 0 Å². The highest BCUT2D eigenvalue weighted by molar-refractivity contribution is 9.11. The minimum atomic E-state index is 1.27. The number of unbranched alkanes of at least 4 members (excludes halogenated alkanes) is 7. The Hall–Kier alpha value is 0.180. The lowest BCUT2D eigenvalue weighted by Crippen LogP contribution is -1.83. The fourth-order valence-corrected chi connectivity index (χ4v) is 3.44. The molecule has 16 heavy (non-hydrogen) atoms. The molecule has 1 rings (SSSR count). The zero-order chi connectivity index (χ0) is 11.6. The van der Waals surface area contributed by atoms with E-state index in [1.165, 1.54) is 66.5 Å². The van der Waals surface area contributed by atoms with Gasteiger partial charge in [0.25, 0.3) is 0 Å². The summed E-state index contributed by atoms with van der Waals surface area (Å²) in [5.74, 6) is 0. The van der Waals surface area contributed by atoms with Crippen LogP contribution in [0, 0.1) is 0 Å². The quantitative estimate of drug-likeness (QED) is 0.477. The molecule has 0 unspecified atom stereocenters. The van der Waals surface area contributed by atoms with Crippen LogP contribution in [0.5, 0.6) is 0 Å². The molecule has 92 valence electrons. The lowest BCUT2D eigenvalue weighted by atomic mass is 10.1. The van der Waals surface area contributed by atoms with Gasteiger partial charge in [-0.1, -0.05) is 51.9 Å². The molecular formula is C14H23BrS. The molecule has 0 saturated carbocycles. The second-order valence-electron chi connectivity index (χ2n) is 4.43. The van der Waals surface area contributed by atoms with Crippen molar-refractivity contribution >= 4 is 27.3 Å². The summed E-state index contributed by atoms with van der Waals surface area (Å²) in [7, 11) is 0. The molecule has 0 bridgehead atoms. The topological polar surface area (TPSA) is 0 Å². The Morgan fingerprint density at radius 3 is 2.12 bits per heavy atom. The smallest absolute Gasteiger partial charge is 0.0701 e. The molecule has 2 heteroatoms. The standard InChI is InChI=1S/C14H23BrS/c1-2-3-4-5-6-7-8-9-10-13-11-12-14(15)16-13/h11-12H,2-10H2,1H3. The Morgan fingerprint density at radius 2 is 1.56 bits per heavy atom. The third kappa shape index (κ3) is 6.70. The van der Waals surface area contributed by atoms with Gasteiger partial charge >= 0.3 is 0 Å². The normalized spacial score (nSPS) is 10.9. The van der Waals surface area contributed by atoms with Crippen LogP contribution in [0.1, 0.15) is 63.2 Å². The van der Waals surface area contributed by atoms with E-state index in [9.17, 15) is 0 Å². The van der Waals surface area contributed by atoms with Gasteiger partial charge in [-0.25, -0.2) is 0 Å². The Morgan fingerprint density at radius 1 is 0.938 bits per heavy atom. The summed E-state index contributed by atoms with van der Waals surface area (Å²) in [4.78, 5) is 1.53. The van der Waals surface area contributed by atoms with Crippen LogP contribution in [0.3, 0.4) is 0 Å². The van der Waals surface area contributed by atoms with Gasteiger partial charge in [-0.2, -0.15) is 0 Å². The number of rotatable bonds is 9. The SMILES string of the molecule is CCCCCCCCCCc1ccc(Br)s1. The van der Waals surface area contributed by atoms with E-state index >= 15 is 0 Å². The Labute approximate surface area is 113 Å². The second-order valence-corrected chi connectivity index (χ2v) is 6.98. The molecule has 0 aliphatic carbocycles. The van der Waals surface area contributed by atoms with Gasteiger partial charge in [0.1, 0.15) is 0 Å². The molecule has 0 N–H and O–H groups in total. The maximum absolute atomic E-state index is 3.51. The van der Waals surface area contributed by atoms with Crippen molar-refractivity contribution in [1.29, 1.82) is 0 Å². The lowest BCUT2D eigenvalue weighted by Gasteiger charge is -2.00. The minimum Gasteiger partial charge on any atom is -0.133 e. The summed E-state index contributed by atoms with van der Waals surface area (Å²) in [5, 5.41) is 0. The maximum Gasteiger partial charge on any atom is 0.0701 e. The van der Waals surface area contributed by atoms with Gasteiger partial charge < -0.3 is 0 Å². The van der Waals surface area contributed by atoms with Crippen molar-refractivity contribution in [3.05, 3.63) is 20.8 Å². The highest BCUT2D eigenvalue weighted by Gasteiger charge is 1.97. The third-order valence-electron chi connectivity index (χ3n) is 2.91. The van der Waals surface area contributed by atoms with Gasteiger partial charge in [0.15, 0.2) is 0 Å². The minimum absolute atomic E-state index is 1.27. The van der Waals surface area contributed by atoms with E-state index in [0.29, 0.717) is 0 Å². The van der Waals surface area contributed by atoms with Crippen LogP contribution >= 0.6 is 27.3 Å². The highest BCUT2D eigenvalue weighted by Crippen LogP contribution is 2.23. The average molecular weight is 303 g/mol. The molecule has 0 amide bonds. The molecule has 0 aliphatic rings. The molecule has 0 spiro atoms. The first-order valence-corrected chi connectivity index (χ1v) is 8.18. The molecule has 0 atom stereocenters. The summed E-state index contributed by atoms with van der Waals surface area (Å²) in [5.41, 5.74) is 0. The number of thiophene rings is 1. The molecule has 0 aliphatic heterocycles. The molecule has 0 aromatic carbocycles. The van der Waals surface area contributed by atoms with Crippen molar-refractivity contribution in [2.24, 2.45) is 0 Å². The van der Waals surface area contributed by atoms with Crippen molar-refractivity contribution in [3.63, 3.8) is 0 Å². The van der Waals surface area contributed by atoms with Crippen LogP contribution in [-0.4, -0.2) is 0 Å². The van der Waals surface area contributed by atoms with Gasteiger partial charge in [-0.05, 0) is 40.9 Å². The predicted octanol–water partition coefficient (Wildman–Crippen LogP) is 6.19. The number of halogens is 1. The molecule has 0 fully saturated rings. The van der Waals surface area contributed by atoms with Crippen LogP contribution < -0.4 is 0 Å². The second kappa shape index (κ2) is 9.23. The first-order chi connectivity index (χ1) is 7.83. The zero-order valence-electron chi connectivity index (χ0n) is 10.3. The lowest BCUT2D eigenvalue weighted by molar-refractivity contribution is 0.576. The highest BCUT2D eigenvalue weighted by atomic mass is 79.9. The van der Waals surface area contributed by atoms with Crippen LogP contribution in [0.15, 0.2) is 15.9 Å². The maximum atomic E-state index is 3.51. The molecule has 1 aromatic rings. The van der Waals surface area contributed by atoms with Gasteiger partial charge in [0.2, 0.25) is 0 Å².